The predicted octanol–water partition coefficient (Wildman–Crippen LogP) is 1.53. The Balaban J connectivity index is 1.70. The number of nitrogens with zero attached hydrogens (tertiary/aromatic N) is 5. The first kappa shape index (κ1) is 21.5. The lowest BCUT2D eigenvalue weighted by Crippen LogP contribution is -2.45. The molecule has 1 saturated heterocycles. The van der Waals surface area contributed by atoms with E-state index < -0.39 is 10.0 Å². The van der Waals surface area contributed by atoms with Crippen molar-refractivity contribution in [3.63, 3.8) is 0 Å². The summed E-state index contributed by atoms with van der Waals surface area (Å²) in [5.74, 6) is -0.497. The summed E-state index contributed by atoms with van der Waals surface area (Å²) in [4.78, 5) is 13.1. The molecular weight excluding hydrogens is 392 g/mol. The first-order valence-electron chi connectivity index (χ1n) is 9.98. The van der Waals surface area contributed by atoms with Crippen LogP contribution in [0, 0.1) is 19.8 Å². The molecule has 0 radical (unpaired) electrons. The first-order valence-corrected chi connectivity index (χ1v) is 11.4. The summed E-state index contributed by atoms with van der Waals surface area (Å²) in [6.07, 6.45) is 4.65. The van der Waals surface area contributed by atoms with E-state index in [2.05, 4.69) is 15.5 Å². The molecule has 29 heavy (non-hydrogen) atoms. The van der Waals surface area contributed by atoms with Crippen LogP contribution in [0.1, 0.15) is 49.7 Å². The summed E-state index contributed by atoms with van der Waals surface area (Å²) < 4.78 is 30.9. The quantitative estimate of drug-likeness (QED) is 0.761. The maximum atomic E-state index is 13.0. The van der Waals surface area contributed by atoms with Crippen molar-refractivity contribution in [3.05, 3.63) is 29.3 Å². The monoisotopic (exact) mass is 422 g/mol. The Labute approximate surface area is 172 Å². The van der Waals surface area contributed by atoms with Gasteiger partial charge in [0.2, 0.25) is 15.9 Å². The van der Waals surface area contributed by atoms with Crippen LogP contribution in [0.4, 0.5) is 0 Å². The molecule has 10 heteroatoms. The van der Waals surface area contributed by atoms with Crippen molar-refractivity contribution >= 4 is 15.9 Å². The summed E-state index contributed by atoms with van der Waals surface area (Å²) in [5, 5.41) is 11.5. The molecule has 2 aromatic rings. The van der Waals surface area contributed by atoms with Crippen molar-refractivity contribution in [3.8, 4) is 0 Å². The number of hydrogen-bond acceptors (Lipinski definition) is 5. The highest BCUT2D eigenvalue weighted by atomic mass is 32.2. The highest BCUT2D eigenvalue weighted by Crippen LogP contribution is 2.26. The molecule has 0 spiro atoms. The highest BCUT2D eigenvalue weighted by molar-refractivity contribution is 7.89. The first-order chi connectivity index (χ1) is 13.6. The number of hydrogen-bond donors (Lipinski definition) is 1. The van der Waals surface area contributed by atoms with Gasteiger partial charge in [-0.2, -0.15) is 14.5 Å². The average Bonchev–Trinajstić information content (AvgIpc) is 3.24. The third-order valence-corrected chi connectivity index (χ3v) is 7.66. The minimum Gasteiger partial charge on any atom is -0.349 e. The Morgan fingerprint density at radius 2 is 2.10 bits per heavy atom. The number of sulfonamides is 1. The second-order valence-corrected chi connectivity index (χ2v) is 9.58. The van der Waals surface area contributed by atoms with E-state index in [9.17, 15) is 13.2 Å². The van der Waals surface area contributed by atoms with Crippen LogP contribution in [0.2, 0.25) is 0 Å². The van der Waals surface area contributed by atoms with Gasteiger partial charge >= 0.3 is 0 Å². The molecule has 160 valence electrons. The number of piperidine rings is 1. The van der Waals surface area contributed by atoms with Crippen molar-refractivity contribution in [2.24, 2.45) is 13.0 Å². The van der Waals surface area contributed by atoms with Gasteiger partial charge in [-0.1, -0.05) is 0 Å². The molecule has 1 aliphatic rings. The zero-order valence-electron chi connectivity index (χ0n) is 17.7. The second kappa shape index (κ2) is 8.27. The highest BCUT2D eigenvalue weighted by Gasteiger charge is 2.35. The van der Waals surface area contributed by atoms with Crippen molar-refractivity contribution in [1.29, 1.82) is 0 Å². The maximum Gasteiger partial charge on any atom is 0.246 e. The molecule has 0 aromatic carbocycles. The fourth-order valence-electron chi connectivity index (χ4n) is 3.77. The predicted molar refractivity (Wildman–Crippen MR) is 109 cm³/mol. The zero-order chi connectivity index (χ0) is 21.3. The van der Waals surface area contributed by atoms with E-state index in [-0.39, 0.29) is 29.3 Å². The Morgan fingerprint density at radius 3 is 2.69 bits per heavy atom. The molecule has 1 amide bonds. The van der Waals surface area contributed by atoms with Gasteiger partial charge in [0.1, 0.15) is 4.90 Å². The Kier molecular flexibility index (Phi) is 6.13. The molecule has 0 aliphatic carbocycles. The summed E-state index contributed by atoms with van der Waals surface area (Å²) in [6.45, 7) is 8.97. The molecule has 1 N–H and O–H groups in total. The Morgan fingerprint density at radius 1 is 1.38 bits per heavy atom. The van der Waals surface area contributed by atoms with Gasteiger partial charge in [0.05, 0.1) is 29.5 Å². The maximum absolute atomic E-state index is 13.0. The van der Waals surface area contributed by atoms with Crippen LogP contribution in [0.25, 0.3) is 0 Å². The number of amides is 1. The van der Waals surface area contributed by atoms with Crippen LogP contribution < -0.4 is 5.32 Å². The van der Waals surface area contributed by atoms with E-state index in [1.165, 1.54) is 10.5 Å². The minimum atomic E-state index is -3.67. The zero-order valence-corrected chi connectivity index (χ0v) is 18.5. The molecule has 2 atom stereocenters. The van der Waals surface area contributed by atoms with E-state index in [1.54, 1.807) is 18.7 Å². The van der Waals surface area contributed by atoms with Crippen molar-refractivity contribution in [2.45, 2.75) is 58.0 Å². The summed E-state index contributed by atoms with van der Waals surface area (Å²) in [6, 6.07) is -0.185. The summed E-state index contributed by atoms with van der Waals surface area (Å²) in [7, 11) is -1.96. The lowest BCUT2D eigenvalue weighted by atomic mass is 9.98. The molecule has 1 aliphatic heterocycles. The number of nitrogens with one attached hydrogen (secondary N) is 1. The third-order valence-electron chi connectivity index (χ3n) is 5.70. The van der Waals surface area contributed by atoms with E-state index in [1.807, 2.05) is 31.6 Å². The molecule has 2 aromatic heterocycles. The largest absolute Gasteiger partial charge is 0.349 e. The van der Waals surface area contributed by atoms with Crippen LogP contribution >= 0.6 is 0 Å². The van der Waals surface area contributed by atoms with Gasteiger partial charge in [0, 0.05) is 38.4 Å². The van der Waals surface area contributed by atoms with Gasteiger partial charge in [-0.15, -0.1) is 0 Å². The molecule has 1 fully saturated rings. The van der Waals surface area contributed by atoms with Gasteiger partial charge in [0.25, 0.3) is 0 Å². The molecule has 0 bridgehead atoms. The number of carbonyl (C=O) groups is 1. The smallest absolute Gasteiger partial charge is 0.246 e. The van der Waals surface area contributed by atoms with Gasteiger partial charge in [-0.05, 0) is 40.5 Å². The molecule has 0 saturated carbocycles. The Bertz CT molecular complexity index is 994. The lowest BCUT2D eigenvalue weighted by molar-refractivity contribution is -0.126. The van der Waals surface area contributed by atoms with E-state index >= 15 is 0 Å². The van der Waals surface area contributed by atoms with E-state index in [0.29, 0.717) is 25.1 Å². The van der Waals surface area contributed by atoms with E-state index in [0.717, 1.165) is 17.8 Å². The van der Waals surface area contributed by atoms with E-state index in [4.69, 9.17) is 0 Å². The van der Waals surface area contributed by atoms with Gasteiger partial charge in [0.15, 0.2) is 0 Å². The summed E-state index contributed by atoms with van der Waals surface area (Å²) >= 11 is 0. The van der Waals surface area contributed by atoms with Gasteiger partial charge < -0.3 is 5.32 Å². The molecule has 3 rings (SSSR count). The van der Waals surface area contributed by atoms with Crippen LogP contribution in [-0.2, 0) is 28.4 Å². The van der Waals surface area contributed by atoms with Crippen molar-refractivity contribution < 1.29 is 13.2 Å². The summed E-state index contributed by atoms with van der Waals surface area (Å²) in [5.41, 5.74) is 2.46. The van der Waals surface area contributed by atoms with Gasteiger partial charge in [-0.3, -0.25) is 14.2 Å². The van der Waals surface area contributed by atoms with Crippen LogP contribution in [0.5, 0.6) is 0 Å². The minimum absolute atomic E-state index is 0.121. The van der Waals surface area contributed by atoms with Crippen molar-refractivity contribution in [2.75, 3.05) is 13.1 Å². The molecule has 0 unspecified atom stereocenters. The average molecular weight is 423 g/mol. The van der Waals surface area contributed by atoms with Crippen LogP contribution in [0.3, 0.4) is 0 Å². The normalized spacial score (nSPS) is 19.3. The number of carbonyl (C=O) groups excluding carboxylic acids is 1. The number of rotatable bonds is 6. The standard InChI is InChI=1S/C19H30N6O3S/c1-6-24-12-17(14(3)22-24)13(2)21-19(26)16-8-7-9-25(11-16)29(27,28)18-10-20-23(5)15(18)4/h10,12-13,16H,6-9,11H2,1-5H3,(H,21,26)/t13-,16-/m0/s1. The number of aryl methyl sites for hydroxylation is 3. The third kappa shape index (κ3) is 4.23. The molecular formula is C19H30N6O3S. The van der Waals surface area contributed by atoms with Crippen LogP contribution in [-0.4, -0.2) is 51.3 Å². The SMILES string of the molecule is CCn1cc([C@H](C)NC(=O)[C@H]2CCCN(S(=O)(=O)c3cnn(C)c3C)C2)c(C)n1. The molecule has 9 nitrogen and oxygen atoms in total. The molecule has 3 heterocycles. The lowest BCUT2D eigenvalue weighted by Gasteiger charge is -2.31. The topological polar surface area (TPSA) is 102 Å². The van der Waals surface area contributed by atoms with Crippen LogP contribution in [0.15, 0.2) is 17.3 Å². The second-order valence-electron chi connectivity index (χ2n) is 7.68. The fraction of sp³-hybridized carbons (Fsp3) is 0.632. The number of aromatic nitrogens is 4. The Hall–Kier alpha value is -2.20. The van der Waals surface area contributed by atoms with Crippen molar-refractivity contribution in [1.82, 2.24) is 29.2 Å². The fourth-order valence-corrected chi connectivity index (χ4v) is 5.48. The van der Waals surface area contributed by atoms with Gasteiger partial charge in [-0.25, -0.2) is 8.42 Å².